The van der Waals surface area contributed by atoms with E-state index in [0.717, 1.165) is 11.5 Å². The van der Waals surface area contributed by atoms with Crippen LogP contribution in [0, 0.1) is 5.41 Å². The fourth-order valence-electron chi connectivity index (χ4n) is 1.76. The third-order valence-corrected chi connectivity index (χ3v) is 3.21. The van der Waals surface area contributed by atoms with Crippen LogP contribution in [-0.4, -0.2) is 19.0 Å². The predicted molar refractivity (Wildman–Crippen MR) is 60.8 cm³/mol. The molecule has 16 heavy (non-hydrogen) atoms. The van der Waals surface area contributed by atoms with Crippen LogP contribution >= 0.6 is 0 Å². The molecule has 0 aliphatic heterocycles. The molecule has 0 N–H and O–H groups in total. The highest BCUT2D eigenvalue weighted by Crippen LogP contribution is 2.39. The summed E-state index contributed by atoms with van der Waals surface area (Å²) < 4.78 is 10.9. The second kappa shape index (κ2) is 3.81. The quantitative estimate of drug-likeness (QED) is 0.784. The molecule has 0 aromatic heterocycles. The number of benzene rings is 1. The van der Waals surface area contributed by atoms with Gasteiger partial charge in [0.15, 0.2) is 0 Å². The van der Waals surface area contributed by atoms with Gasteiger partial charge >= 0.3 is 0 Å². The highest BCUT2D eigenvalue weighted by atomic mass is 16.5. The molecule has 3 heteroatoms. The molecule has 3 nitrogen and oxygen atoms in total. The van der Waals surface area contributed by atoms with E-state index < -0.39 is 0 Å². The lowest BCUT2D eigenvalue weighted by Gasteiger charge is -2.41. The first-order valence-corrected chi connectivity index (χ1v) is 5.38. The summed E-state index contributed by atoms with van der Waals surface area (Å²) in [6, 6.07) is 7.45. The molecule has 0 bridgehead atoms. The molecule has 1 unspecified atom stereocenters. The zero-order chi connectivity index (χ0) is 11.8. The minimum atomic E-state index is -0.358. The van der Waals surface area contributed by atoms with Gasteiger partial charge in [-0.25, -0.2) is 0 Å². The SMILES string of the molecule is COc1cccc(OC2CC(=O)C2(C)C)c1. The number of rotatable bonds is 3. The number of hydrogen-bond acceptors (Lipinski definition) is 3. The number of hydrogen-bond donors (Lipinski definition) is 0. The second-order valence-electron chi connectivity index (χ2n) is 4.63. The van der Waals surface area contributed by atoms with Gasteiger partial charge in [0.05, 0.1) is 12.5 Å². The van der Waals surface area contributed by atoms with Crippen molar-refractivity contribution in [2.75, 3.05) is 7.11 Å². The first-order chi connectivity index (χ1) is 7.54. The maximum atomic E-state index is 11.4. The van der Waals surface area contributed by atoms with Crippen LogP contribution in [-0.2, 0) is 4.79 Å². The van der Waals surface area contributed by atoms with Gasteiger partial charge in [0.2, 0.25) is 0 Å². The molecule has 0 saturated heterocycles. The average molecular weight is 220 g/mol. The van der Waals surface area contributed by atoms with Crippen LogP contribution in [0.5, 0.6) is 11.5 Å². The van der Waals surface area contributed by atoms with E-state index in [1.54, 1.807) is 7.11 Å². The summed E-state index contributed by atoms with van der Waals surface area (Å²) in [5.74, 6) is 1.78. The van der Waals surface area contributed by atoms with Crippen LogP contribution in [0.25, 0.3) is 0 Å². The van der Waals surface area contributed by atoms with Crippen molar-refractivity contribution < 1.29 is 14.3 Å². The van der Waals surface area contributed by atoms with Crippen LogP contribution in [0.2, 0.25) is 0 Å². The smallest absolute Gasteiger partial charge is 0.145 e. The van der Waals surface area contributed by atoms with Gasteiger partial charge in [0.25, 0.3) is 0 Å². The molecule has 86 valence electrons. The summed E-state index contributed by atoms with van der Waals surface area (Å²) in [5.41, 5.74) is -0.358. The minimum Gasteiger partial charge on any atom is -0.497 e. The fraction of sp³-hybridized carbons (Fsp3) is 0.462. The maximum Gasteiger partial charge on any atom is 0.145 e. The van der Waals surface area contributed by atoms with Gasteiger partial charge in [-0.05, 0) is 26.0 Å². The summed E-state index contributed by atoms with van der Waals surface area (Å²) in [5, 5.41) is 0. The summed E-state index contributed by atoms with van der Waals surface area (Å²) in [6.07, 6.45) is 0.483. The molecule has 1 aromatic rings. The number of Topliss-reactive ketones (excluding diaryl/α,β-unsaturated/α-hetero) is 1. The van der Waals surface area contributed by atoms with Crippen molar-refractivity contribution in [2.24, 2.45) is 5.41 Å². The van der Waals surface area contributed by atoms with Crippen LogP contribution in [0.4, 0.5) is 0 Å². The Bertz CT molecular complexity index is 409. The molecular formula is C13H16O3. The Morgan fingerprint density at radius 2 is 2.00 bits per heavy atom. The Balaban J connectivity index is 2.07. The van der Waals surface area contributed by atoms with Crippen LogP contribution in [0.3, 0.4) is 0 Å². The first-order valence-electron chi connectivity index (χ1n) is 5.38. The van der Waals surface area contributed by atoms with E-state index in [0.29, 0.717) is 6.42 Å². The largest absolute Gasteiger partial charge is 0.497 e. The molecule has 1 aliphatic carbocycles. The number of ketones is 1. The molecular weight excluding hydrogens is 204 g/mol. The molecule has 1 aliphatic rings. The molecule has 0 spiro atoms. The van der Waals surface area contributed by atoms with Crippen molar-refractivity contribution in [1.29, 1.82) is 0 Å². The minimum absolute atomic E-state index is 0.0212. The monoisotopic (exact) mass is 220 g/mol. The second-order valence-corrected chi connectivity index (χ2v) is 4.63. The van der Waals surface area contributed by atoms with Gasteiger partial charge in [-0.15, -0.1) is 0 Å². The Morgan fingerprint density at radius 1 is 1.31 bits per heavy atom. The number of methoxy groups -OCH3 is 1. The summed E-state index contributed by atoms with van der Waals surface area (Å²) in [7, 11) is 1.62. The Hall–Kier alpha value is -1.51. The predicted octanol–water partition coefficient (Wildman–Crippen LogP) is 2.44. The third-order valence-electron chi connectivity index (χ3n) is 3.21. The topological polar surface area (TPSA) is 35.5 Å². The number of carbonyl (C=O) groups is 1. The molecule has 0 heterocycles. The van der Waals surface area contributed by atoms with E-state index in [2.05, 4.69) is 0 Å². The van der Waals surface area contributed by atoms with Gasteiger partial charge in [-0.3, -0.25) is 4.79 Å². The van der Waals surface area contributed by atoms with E-state index >= 15 is 0 Å². The Morgan fingerprint density at radius 3 is 2.56 bits per heavy atom. The van der Waals surface area contributed by atoms with Crippen molar-refractivity contribution in [3.05, 3.63) is 24.3 Å². The van der Waals surface area contributed by atoms with Crippen molar-refractivity contribution in [3.8, 4) is 11.5 Å². The van der Waals surface area contributed by atoms with Gasteiger partial charge in [-0.1, -0.05) is 6.07 Å². The van der Waals surface area contributed by atoms with Crippen molar-refractivity contribution in [2.45, 2.75) is 26.4 Å². The van der Waals surface area contributed by atoms with E-state index in [9.17, 15) is 4.79 Å². The molecule has 0 amide bonds. The molecule has 1 atom stereocenters. The summed E-state index contributed by atoms with van der Waals surface area (Å²) in [6.45, 7) is 3.84. The van der Waals surface area contributed by atoms with E-state index in [1.165, 1.54) is 0 Å². The standard InChI is InChI=1S/C13H16O3/c1-13(2)11(14)8-12(13)16-10-6-4-5-9(7-10)15-3/h4-7,12H,8H2,1-3H3. The molecule has 1 aromatic carbocycles. The van der Waals surface area contributed by atoms with Gasteiger partial charge in [0.1, 0.15) is 23.4 Å². The molecule has 1 saturated carbocycles. The number of carbonyl (C=O) groups excluding carboxylic acids is 1. The highest BCUT2D eigenvalue weighted by Gasteiger charge is 2.49. The average Bonchev–Trinajstić information content (AvgIpc) is 2.29. The zero-order valence-corrected chi connectivity index (χ0v) is 9.82. The normalized spacial score (nSPS) is 22.4. The van der Waals surface area contributed by atoms with Crippen molar-refractivity contribution in [1.82, 2.24) is 0 Å². The number of ether oxygens (including phenoxy) is 2. The first kappa shape index (κ1) is 11.0. The van der Waals surface area contributed by atoms with Gasteiger partial charge in [-0.2, -0.15) is 0 Å². The lowest BCUT2D eigenvalue weighted by atomic mass is 9.68. The molecule has 2 rings (SSSR count). The molecule has 0 radical (unpaired) electrons. The molecule has 1 fully saturated rings. The summed E-state index contributed by atoms with van der Waals surface area (Å²) in [4.78, 5) is 11.4. The van der Waals surface area contributed by atoms with Crippen LogP contribution < -0.4 is 9.47 Å². The van der Waals surface area contributed by atoms with E-state index in [4.69, 9.17) is 9.47 Å². The Labute approximate surface area is 95.4 Å². The van der Waals surface area contributed by atoms with Gasteiger partial charge < -0.3 is 9.47 Å². The van der Waals surface area contributed by atoms with E-state index in [-0.39, 0.29) is 17.3 Å². The zero-order valence-electron chi connectivity index (χ0n) is 9.82. The lowest BCUT2D eigenvalue weighted by Crippen LogP contribution is -2.52. The summed E-state index contributed by atoms with van der Waals surface area (Å²) >= 11 is 0. The maximum absolute atomic E-state index is 11.4. The van der Waals surface area contributed by atoms with E-state index in [1.807, 2.05) is 38.1 Å². The van der Waals surface area contributed by atoms with Crippen LogP contribution in [0.1, 0.15) is 20.3 Å². The highest BCUT2D eigenvalue weighted by molar-refractivity contribution is 5.91. The van der Waals surface area contributed by atoms with Gasteiger partial charge in [0, 0.05) is 12.5 Å². The Kier molecular flexibility index (Phi) is 2.62. The third kappa shape index (κ3) is 1.77. The van der Waals surface area contributed by atoms with Crippen molar-refractivity contribution >= 4 is 5.78 Å². The fourth-order valence-corrected chi connectivity index (χ4v) is 1.76. The van der Waals surface area contributed by atoms with Crippen molar-refractivity contribution in [3.63, 3.8) is 0 Å². The van der Waals surface area contributed by atoms with Crippen LogP contribution in [0.15, 0.2) is 24.3 Å². The lowest BCUT2D eigenvalue weighted by molar-refractivity contribution is -0.148.